The number of fused-ring (bicyclic) bond motifs is 5. The minimum Gasteiger partial charge on any atom is -0.345 e. The Morgan fingerprint density at radius 2 is 2.23 bits per heavy atom. The number of nitrogens with zero attached hydrogens (tertiary/aromatic N) is 5. The molecule has 4 aromatic heterocycles. The van der Waals surface area contributed by atoms with Crippen molar-refractivity contribution >= 4 is 33.1 Å². The minimum atomic E-state index is -0.299. The topological polar surface area (TPSA) is 85.1 Å². The van der Waals surface area contributed by atoms with Gasteiger partial charge in [0.1, 0.15) is 11.2 Å². The molecule has 0 fully saturated rings. The fourth-order valence-electron chi connectivity index (χ4n) is 4.17. The molecule has 4 aromatic rings. The Morgan fingerprint density at radius 1 is 1.37 bits per heavy atom. The number of carbonyl (C=O) groups is 1. The maximum atomic E-state index is 12.6. The van der Waals surface area contributed by atoms with Crippen LogP contribution in [0.25, 0.3) is 15.9 Å². The van der Waals surface area contributed by atoms with Gasteiger partial charge in [-0.05, 0) is 47.8 Å². The Hall–Kier alpha value is -2.87. The van der Waals surface area contributed by atoms with E-state index >= 15 is 0 Å². The molecule has 30 heavy (non-hydrogen) atoms. The van der Waals surface area contributed by atoms with Gasteiger partial charge in [-0.1, -0.05) is 26.8 Å². The van der Waals surface area contributed by atoms with E-state index in [4.69, 9.17) is 0 Å². The third-order valence-corrected chi connectivity index (χ3v) is 7.15. The van der Waals surface area contributed by atoms with Gasteiger partial charge in [0, 0.05) is 23.8 Å². The molecule has 1 aliphatic rings. The zero-order valence-corrected chi connectivity index (χ0v) is 18.2. The highest BCUT2D eigenvalue weighted by Gasteiger charge is 2.32. The summed E-state index contributed by atoms with van der Waals surface area (Å²) in [5.41, 5.74) is 3.28. The van der Waals surface area contributed by atoms with Gasteiger partial charge in [0.25, 0.3) is 5.91 Å². The monoisotopic (exact) mass is 420 g/mol. The van der Waals surface area contributed by atoms with Crippen molar-refractivity contribution < 1.29 is 4.79 Å². The molecule has 0 unspecified atom stereocenters. The minimum absolute atomic E-state index is 0.163. The van der Waals surface area contributed by atoms with Gasteiger partial charge in [-0.15, -0.1) is 16.4 Å². The first-order valence-corrected chi connectivity index (χ1v) is 11.0. The van der Waals surface area contributed by atoms with Crippen LogP contribution in [0.5, 0.6) is 0 Å². The second-order valence-corrected chi connectivity index (χ2v) is 10.1. The zero-order chi connectivity index (χ0) is 20.9. The largest absolute Gasteiger partial charge is 0.345 e. The quantitative estimate of drug-likeness (QED) is 0.545. The molecular weight excluding hydrogens is 396 g/mol. The Labute approximate surface area is 178 Å². The molecule has 4 heterocycles. The van der Waals surface area contributed by atoms with Crippen molar-refractivity contribution in [3.05, 3.63) is 52.7 Å². The fraction of sp³-hybridized carbons (Fsp3) is 0.409. The normalized spacial score (nSPS) is 16.7. The van der Waals surface area contributed by atoms with Gasteiger partial charge >= 0.3 is 0 Å². The van der Waals surface area contributed by atoms with Crippen molar-refractivity contribution in [1.82, 2.24) is 29.9 Å². The number of aryl methyl sites for hydroxylation is 1. The Balaban J connectivity index is 1.47. The lowest BCUT2D eigenvalue weighted by Crippen LogP contribution is -2.26. The maximum absolute atomic E-state index is 12.6. The summed E-state index contributed by atoms with van der Waals surface area (Å²) in [6.07, 6.45) is 8.36. The highest BCUT2D eigenvalue weighted by molar-refractivity contribution is 7.19. The molecule has 5 rings (SSSR count). The Kier molecular flexibility index (Phi) is 4.54. The number of carbonyl (C=O) groups excluding carboxylic acids is 1. The van der Waals surface area contributed by atoms with Gasteiger partial charge in [0.05, 0.1) is 5.39 Å². The molecule has 1 aliphatic carbocycles. The number of hydrogen-bond acceptors (Lipinski definition) is 6. The van der Waals surface area contributed by atoms with Crippen LogP contribution in [0.3, 0.4) is 0 Å². The summed E-state index contributed by atoms with van der Waals surface area (Å²) in [6.45, 7) is 7.35. The van der Waals surface area contributed by atoms with Crippen LogP contribution < -0.4 is 5.32 Å². The Morgan fingerprint density at radius 3 is 3.00 bits per heavy atom. The van der Waals surface area contributed by atoms with Crippen molar-refractivity contribution in [3.8, 4) is 0 Å². The summed E-state index contributed by atoms with van der Waals surface area (Å²) in [5, 5.41) is 8.30. The van der Waals surface area contributed by atoms with Crippen LogP contribution in [0.15, 0.2) is 30.9 Å². The highest BCUT2D eigenvalue weighted by Crippen LogP contribution is 2.43. The van der Waals surface area contributed by atoms with Gasteiger partial charge in [0.15, 0.2) is 5.65 Å². The molecule has 0 bridgehead atoms. The van der Waals surface area contributed by atoms with Gasteiger partial charge in [-0.25, -0.2) is 14.5 Å². The van der Waals surface area contributed by atoms with E-state index in [-0.39, 0.29) is 11.7 Å². The number of amides is 1. The van der Waals surface area contributed by atoms with Gasteiger partial charge in [-0.2, -0.15) is 0 Å². The molecule has 0 aromatic carbocycles. The van der Waals surface area contributed by atoms with E-state index in [0.717, 1.165) is 40.7 Å². The molecule has 8 heteroatoms. The standard InChI is InChI=1S/C22H24N6OS/c1-22(2,3)14-6-7-15-16(9-14)30-21-17(15)19-26-18(27-28(19)12-25-21)20(29)24-11-13-5-4-8-23-10-13/h4-5,8,10,12,14H,6-7,9,11H2,1-3H3,(H,24,29)/t14-/m0/s1. The lowest BCUT2D eigenvalue weighted by atomic mass is 9.72. The van der Waals surface area contributed by atoms with Crippen LogP contribution in [-0.2, 0) is 19.4 Å². The van der Waals surface area contributed by atoms with Crippen LogP contribution in [0.1, 0.15) is 53.8 Å². The summed E-state index contributed by atoms with van der Waals surface area (Å²) >= 11 is 1.76. The first kappa shape index (κ1) is 19.1. The smallest absolute Gasteiger partial charge is 0.291 e. The molecule has 1 N–H and O–H groups in total. The van der Waals surface area contributed by atoms with Crippen molar-refractivity contribution in [2.75, 3.05) is 0 Å². The lowest BCUT2D eigenvalue weighted by Gasteiger charge is -2.33. The van der Waals surface area contributed by atoms with E-state index in [1.54, 1.807) is 34.6 Å². The van der Waals surface area contributed by atoms with E-state index in [1.807, 2.05) is 12.1 Å². The number of rotatable bonds is 3. The summed E-state index contributed by atoms with van der Waals surface area (Å²) in [5.74, 6) is 0.532. The van der Waals surface area contributed by atoms with Gasteiger partial charge in [-0.3, -0.25) is 9.78 Å². The number of nitrogens with one attached hydrogen (secondary N) is 1. The zero-order valence-electron chi connectivity index (χ0n) is 17.3. The number of thiophene rings is 1. The van der Waals surface area contributed by atoms with E-state index in [0.29, 0.717) is 17.9 Å². The van der Waals surface area contributed by atoms with Crippen molar-refractivity contribution in [2.45, 2.75) is 46.6 Å². The predicted octanol–water partition coefficient (Wildman–Crippen LogP) is 3.82. The van der Waals surface area contributed by atoms with Crippen LogP contribution >= 0.6 is 11.3 Å². The number of aromatic nitrogens is 5. The van der Waals surface area contributed by atoms with Crippen molar-refractivity contribution in [1.29, 1.82) is 0 Å². The summed E-state index contributed by atoms with van der Waals surface area (Å²) in [6, 6.07) is 3.76. The van der Waals surface area contributed by atoms with Gasteiger partial charge in [0.2, 0.25) is 5.82 Å². The molecule has 0 saturated carbocycles. The molecule has 7 nitrogen and oxygen atoms in total. The third kappa shape index (κ3) is 3.35. The van der Waals surface area contributed by atoms with Crippen LogP contribution in [0.2, 0.25) is 0 Å². The van der Waals surface area contributed by atoms with E-state index in [1.165, 1.54) is 10.4 Å². The van der Waals surface area contributed by atoms with E-state index in [9.17, 15) is 4.79 Å². The van der Waals surface area contributed by atoms with E-state index in [2.05, 4.69) is 46.1 Å². The molecule has 0 saturated heterocycles. The molecule has 0 radical (unpaired) electrons. The number of pyridine rings is 1. The SMILES string of the molecule is CC(C)(C)[C@H]1CCc2c(sc3ncn4nc(C(=O)NCc5cccnc5)nc4c23)C1. The van der Waals surface area contributed by atoms with Crippen LogP contribution in [0.4, 0.5) is 0 Å². The molecule has 0 aliphatic heterocycles. The Bertz CT molecular complexity index is 1240. The first-order valence-electron chi connectivity index (χ1n) is 10.2. The second kappa shape index (κ2) is 7.12. The molecule has 0 spiro atoms. The third-order valence-electron chi connectivity index (χ3n) is 5.99. The van der Waals surface area contributed by atoms with Crippen molar-refractivity contribution in [2.24, 2.45) is 11.3 Å². The average molecular weight is 421 g/mol. The number of hydrogen-bond donors (Lipinski definition) is 1. The molecule has 1 amide bonds. The molecular formula is C22H24N6OS. The molecule has 1 atom stereocenters. The lowest BCUT2D eigenvalue weighted by molar-refractivity contribution is 0.0940. The maximum Gasteiger partial charge on any atom is 0.291 e. The first-order chi connectivity index (χ1) is 14.4. The van der Waals surface area contributed by atoms with Crippen LogP contribution in [-0.4, -0.2) is 30.5 Å². The second-order valence-electron chi connectivity index (χ2n) is 8.98. The summed E-state index contributed by atoms with van der Waals surface area (Å²) < 4.78 is 1.63. The predicted molar refractivity (Wildman–Crippen MR) is 117 cm³/mol. The summed E-state index contributed by atoms with van der Waals surface area (Å²) in [4.78, 5) is 28.3. The highest BCUT2D eigenvalue weighted by atomic mass is 32.1. The summed E-state index contributed by atoms with van der Waals surface area (Å²) in [7, 11) is 0. The average Bonchev–Trinajstić information content (AvgIpc) is 3.32. The molecule has 154 valence electrons. The van der Waals surface area contributed by atoms with Crippen molar-refractivity contribution in [3.63, 3.8) is 0 Å². The van der Waals surface area contributed by atoms with E-state index < -0.39 is 0 Å². The fourth-order valence-corrected chi connectivity index (χ4v) is 5.44. The van der Waals surface area contributed by atoms with Crippen LogP contribution in [0, 0.1) is 11.3 Å². The van der Waals surface area contributed by atoms with Gasteiger partial charge < -0.3 is 5.32 Å².